The summed E-state index contributed by atoms with van der Waals surface area (Å²) in [6, 6.07) is 4.01. The molecule has 2 nitrogen and oxygen atoms in total. The van der Waals surface area contributed by atoms with E-state index in [0.717, 1.165) is 11.0 Å². The number of pyridine rings is 1. The Balaban J connectivity index is 2.52. The summed E-state index contributed by atoms with van der Waals surface area (Å²) in [6.45, 7) is 0. The third kappa shape index (κ3) is 1.65. The van der Waals surface area contributed by atoms with Crippen molar-refractivity contribution < 1.29 is 0 Å². The second-order valence-corrected chi connectivity index (χ2v) is 3.35. The highest BCUT2D eigenvalue weighted by atomic mass is 79.9. The molecule has 0 bridgehead atoms. The van der Waals surface area contributed by atoms with Gasteiger partial charge in [-0.25, -0.2) is 4.98 Å². The Labute approximate surface area is 84.8 Å². The minimum absolute atomic E-state index is 0.875. The molecule has 2 heterocycles. The maximum Gasteiger partial charge on any atom is 0.137 e. The van der Waals surface area contributed by atoms with Crippen LogP contribution in [-0.2, 0) is 0 Å². The number of halogens is 1. The summed E-state index contributed by atoms with van der Waals surface area (Å²) in [5.41, 5.74) is 2.12. The monoisotopic (exact) mass is 236 g/mol. The van der Waals surface area contributed by atoms with Crippen LogP contribution in [-0.4, -0.2) is 15.3 Å². The van der Waals surface area contributed by atoms with E-state index in [4.69, 9.17) is 0 Å². The standard InChI is InChI=1S/C10H9BrN2/c11-5-1-3-8-7-13-10-9(8)4-2-6-12-10/h1-4,6-7H,5H2,(H,12,13). The molecule has 1 N–H and O–H groups in total. The lowest BCUT2D eigenvalue weighted by Gasteiger charge is -1.88. The molecule has 0 unspecified atom stereocenters. The van der Waals surface area contributed by atoms with Crippen LogP contribution in [0.2, 0.25) is 0 Å². The predicted molar refractivity (Wildman–Crippen MR) is 58.9 cm³/mol. The molecule has 13 heavy (non-hydrogen) atoms. The number of aromatic nitrogens is 2. The Morgan fingerprint density at radius 1 is 1.54 bits per heavy atom. The van der Waals surface area contributed by atoms with Gasteiger partial charge in [-0.15, -0.1) is 0 Å². The molecular weight excluding hydrogens is 228 g/mol. The summed E-state index contributed by atoms with van der Waals surface area (Å²) in [4.78, 5) is 7.33. The van der Waals surface area contributed by atoms with Crippen LogP contribution >= 0.6 is 15.9 Å². The molecule has 0 saturated carbocycles. The van der Waals surface area contributed by atoms with Crippen molar-refractivity contribution in [3.8, 4) is 0 Å². The van der Waals surface area contributed by atoms with Gasteiger partial charge < -0.3 is 4.98 Å². The number of rotatable bonds is 2. The highest BCUT2D eigenvalue weighted by Crippen LogP contribution is 2.16. The molecular formula is C10H9BrN2. The van der Waals surface area contributed by atoms with Crippen LogP contribution in [0.25, 0.3) is 17.1 Å². The van der Waals surface area contributed by atoms with Crippen LogP contribution in [0.5, 0.6) is 0 Å². The fourth-order valence-corrected chi connectivity index (χ4v) is 1.47. The van der Waals surface area contributed by atoms with Crippen molar-refractivity contribution in [3.63, 3.8) is 0 Å². The average Bonchev–Trinajstić information content (AvgIpc) is 2.58. The fourth-order valence-electron chi connectivity index (χ4n) is 1.29. The van der Waals surface area contributed by atoms with E-state index in [1.54, 1.807) is 6.20 Å². The maximum atomic E-state index is 4.21. The Morgan fingerprint density at radius 3 is 3.31 bits per heavy atom. The molecule has 0 aliphatic rings. The summed E-state index contributed by atoms with van der Waals surface area (Å²) < 4.78 is 0. The molecule has 0 atom stereocenters. The lowest BCUT2D eigenvalue weighted by Crippen LogP contribution is -1.72. The molecule has 0 radical (unpaired) electrons. The smallest absolute Gasteiger partial charge is 0.137 e. The van der Waals surface area contributed by atoms with Crippen LogP contribution in [0.1, 0.15) is 5.56 Å². The van der Waals surface area contributed by atoms with Gasteiger partial charge in [0, 0.05) is 28.7 Å². The second kappa shape index (κ2) is 3.75. The highest BCUT2D eigenvalue weighted by Gasteiger charge is 1.98. The van der Waals surface area contributed by atoms with Gasteiger partial charge in [0.2, 0.25) is 0 Å². The molecule has 2 rings (SSSR count). The molecule has 3 heteroatoms. The van der Waals surface area contributed by atoms with E-state index in [-0.39, 0.29) is 0 Å². The average molecular weight is 237 g/mol. The molecule has 0 aliphatic heterocycles. The first-order valence-electron chi connectivity index (χ1n) is 4.06. The van der Waals surface area contributed by atoms with E-state index in [1.165, 1.54) is 10.9 Å². The molecule has 0 amide bonds. The van der Waals surface area contributed by atoms with Crippen molar-refractivity contribution in [2.75, 3.05) is 5.33 Å². The molecule has 0 spiro atoms. The van der Waals surface area contributed by atoms with Crippen molar-refractivity contribution in [1.82, 2.24) is 9.97 Å². The molecule has 2 aromatic heterocycles. The van der Waals surface area contributed by atoms with Crippen LogP contribution in [0, 0.1) is 0 Å². The quantitative estimate of drug-likeness (QED) is 0.799. The lowest BCUT2D eigenvalue weighted by atomic mass is 10.2. The van der Waals surface area contributed by atoms with E-state index in [9.17, 15) is 0 Å². The van der Waals surface area contributed by atoms with Gasteiger partial charge in [0.15, 0.2) is 0 Å². The summed E-state index contributed by atoms with van der Waals surface area (Å²) in [5.74, 6) is 0. The van der Waals surface area contributed by atoms with Gasteiger partial charge in [0.1, 0.15) is 5.65 Å². The third-order valence-corrected chi connectivity index (χ3v) is 2.24. The maximum absolute atomic E-state index is 4.21. The number of nitrogens with one attached hydrogen (secondary N) is 1. The van der Waals surface area contributed by atoms with Crippen LogP contribution in [0.4, 0.5) is 0 Å². The summed E-state index contributed by atoms with van der Waals surface area (Å²) in [7, 11) is 0. The van der Waals surface area contributed by atoms with Crippen LogP contribution in [0.3, 0.4) is 0 Å². The summed E-state index contributed by atoms with van der Waals surface area (Å²) in [5, 5.41) is 2.04. The molecule has 0 saturated heterocycles. The van der Waals surface area contributed by atoms with E-state index in [1.807, 2.05) is 12.3 Å². The minimum atomic E-state index is 0.875. The van der Waals surface area contributed by atoms with Gasteiger partial charge in [-0.2, -0.15) is 0 Å². The van der Waals surface area contributed by atoms with Crippen molar-refractivity contribution in [1.29, 1.82) is 0 Å². The SMILES string of the molecule is BrCC=Cc1c[nH]c2ncccc12. The number of aromatic amines is 1. The summed E-state index contributed by atoms with van der Waals surface area (Å²) in [6.07, 6.45) is 7.90. The zero-order valence-corrected chi connectivity index (χ0v) is 8.58. The zero-order chi connectivity index (χ0) is 9.10. The van der Waals surface area contributed by atoms with E-state index in [0.29, 0.717) is 0 Å². The number of fused-ring (bicyclic) bond motifs is 1. The molecule has 0 aliphatic carbocycles. The van der Waals surface area contributed by atoms with Crippen molar-refractivity contribution in [3.05, 3.63) is 36.2 Å². The molecule has 2 aromatic rings. The van der Waals surface area contributed by atoms with Gasteiger partial charge in [-0.3, -0.25) is 0 Å². The van der Waals surface area contributed by atoms with Gasteiger partial charge in [0.25, 0.3) is 0 Å². The van der Waals surface area contributed by atoms with Gasteiger partial charge in [-0.1, -0.05) is 28.1 Å². The first-order valence-corrected chi connectivity index (χ1v) is 5.18. The third-order valence-electron chi connectivity index (χ3n) is 1.87. The van der Waals surface area contributed by atoms with Crippen molar-refractivity contribution >= 4 is 33.0 Å². The first kappa shape index (κ1) is 8.51. The molecule has 66 valence electrons. The van der Waals surface area contributed by atoms with E-state index < -0.39 is 0 Å². The Hall–Kier alpha value is -1.09. The largest absolute Gasteiger partial charge is 0.346 e. The van der Waals surface area contributed by atoms with Crippen molar-refractivity contribution in [2.24, 2.45) is 0 Å². The van der Waals surface area contributed by atoms with Gasteiger partial charge in [0.05, 0.1) is 0 Å². The normalized spacial score (nSPS) is 11.5. The zero-order valence-electron chi connectivity index (χ0n) is 7.00. The fraction of sp³-hybridized carbons (Fsp3) is 0.100. The number of allylic oxidation sites excluding steroid dienone is 1. The topological polar surface area (TPSA) is 28.7 Å². The van der Waals surface area contributed by atoms with Crippen molar-refractivity contribution in [2.45, 2.75) is 0 Å². The Morgan fingerprint density at radius 2 is 2.46 bits per heavy atom. The molecule has 0 fully saturated rings. The van der Waals surface area contributed by atoms with E-state index in [2.05, 4.69) is 44.1 Å². The number of H-pyrrole nitrogens is 1. The van der Waals surface area contributed by atoms with E-state index >= 15 is 0 Å². The Bertz CT molecular complexity index is 431. The van der Waals surface area contributed by atoms with Gasteiger partial charge in [-0.05, 0) is 12.1 Å². The number of alkyl halides is 1. The lowest BCUT2D eigenvalue weighted by molar-refractivity contribution is 1.33. The Kier molecular flexibility index (Phi) is 2.45. The van der Waals surface area contributed by atoms with Crippen LogP contribution in [0.15, 0.2) is 30.6 Å². The summed E-state index contributed by atoms with van der Waals surface area (Å²) >= 11 is 3.35. The minimum Gasteiger partial charge on any atom is -0.346 e. The first-order chi connectivity index (χ1) is 6.42. The van der Waals surface area contributed by atoms with Gasteiger partial charge >= 0.3 is 0 Å². The number of nitrogens with zero attached hydrogens (tertiary/aromatic N) is 1. The predicted octanol–water partition coefficient (Wildman–Crippen LogP) is 2.97. The number of hydrogen-bond acceptors (Lipinski definition) is 1. The second-order valence-electron chi connectivity index (χ2n) is 2.70. The highest BCUT2D eigenvalue weighted by molar-refractivity contribution is 9.09. The van der Waals surface area contributed by atoms with Crippen LogP contribution < -0.4 is 0 Å². The molecule has 0 aromatic carbocycles. The number of hydrogen-bond donors (Lipinski definition) is 1.